The monoisotopic (exact) mass is 241 g/mol. The molecular formula is C13H17F2NO. The van der Waals surface area contributed by atoms with Crippen LogP contribution in [0.1, 0.15) is 31.4 Å². The predicted molar refractivity (Wildman–Crippen MR) is 61.7 cm³/mol. The second-order valence-electron chi connectivity index (χ2n) is 4.44. The van der Waals surface area contributed by atoms with Crippen LogP contribution in [0.5, 0.6) is 0 Å². The molecule has 1 aromatic carbocycles. The van der Waals surface area contributed by atoms with Gasteiger partial charge in [-0.3, -0.25) is 0 Å². The van der Waals surface area contributed by atoms with E-state index in [-0.39, 0.29) is 11.9 Å². The summed E-state index contributed by atoms with van der Waals surface area (Å²) in [6, 6.07) is 3.70. The molecule has 0 aromatic heterocycles. The third-order valence-electron chi connectivity index (χ3n) is 3.13. The number of nitrogens with one attached hydrogen (secondary N) is 1. The molecule has 1 unspecified atom stereocenters. The van der Waals surface area contributed by atoms with Gasteiger partial charge in [-0.05, 0) is 38.0 Å². The van der Waals surface area contributed by atoms with Crippen molar-refractivity contribution in [2.24, 2.45) is 0 Å². The van der Waals surface area contributed by atoms with E-state index in [9.17, 15) is 8.78 Å². The lowest BCUT2D eigenvalue weighted by Crippen LogP contribution is -2.36. The highest BCUT2D eigenvalue weighted by atomic mass is 19.1. The molecule has 4 heteroatoms. The maximum atomic E-state index is 13.5. The molecule has 17 heavy (non-hydrogen) atoms. The van der Waals surface area contributed by atoms with Gasteiger partial charge in [0.1, 0.15) is 11.6 Å². The minimum absolute atomic E-state index is 0.186. The van der Waals surface area contributed by atoms with Gasteiger partial charge in [-0.1, -0.05) is 0 Å². The van der Waals surface area contributed by atoms with E-state index in [2.05, 4.69) is 5.32 Å². The highest BCUT2D eigenvalue weighted by molar-refractivity contribution is 5.21. The van der Waals surface area contributed by atoms with Crippen molar-refractivity contribution in [1.82, 2.24) is 5.32 Å². The summed E-state index contributed by atoms with van der Waals surface area (Å²) in [5.41, 5.74) is 0.386. The van der Waals surface area contributed by atoms with Crippen molar-refractivity contribution < 1.29 is 13.5 Å². The molecule has 1 heterocycles. The summed E-state index contributed by atoms with van der Waals surface area (Å²) in [5.74, 6) is -0.763. The van der Waals surface area contributed by atoms with Crippen LogP contribution in [0, 0.1) is 11.6 Å². The summed E-state index contributed by atoms with van der Waals surface area (Å²) < 4.78 is 31.9. The molecule has 1 aliphatic rings. The Morgan fingerprint density at radius 3 is 2.71 bits per heavy atom. The molecule has 2 nitrogen and oxygen atoms in total. The molecule has 0 amide bonds. The van der Waals surface area contributed by atoms with Crippen LogP contribution in [0.15, 0.2) is 18.2 Å². The van der Waals surface area contributed by atoms with Crippen LogP contribution >= 0.6 is 0 Å². The zero-order chi connectivity index (χ0) is 12.3. The number of halogens is 2. The molecule has 0 saturated carbocycles. The van der Waals surface area contributed by atoms with E-state index in [0.29, 0.717) is 11.6 Å². The first-order valence-corrected chi connectivity index (χ1v) is 5.95. The molecule has 0 spiro atoms. The highest BCUT2D eigenvalue weighted by Gasteiger charge is 2.18. The predicted octanol–water partition coefficient (Wildman–Crippen LogP) is 2.79. The van der Waals surface area contributed by atoms with Crippen LogP contribution < -0.4 is 5.32 Å². The molecule has 1 fully saturated rings. The van der Waals surface area contributed by atoms with Gasteiger partial charge in [-0.15, -0.1) is 0 Å². The van der Waals surface area contributed by atoms with Crippen molar-refractivity contribution >= 4 is 0 Å². The van der Waals surface area contributed by atoms with Crippen molar-refractivity contribution in [3.8, 4) is 0 Å². The lowest BCUT2D eigenvalue weighted by molar-refractivity contribution is 0.0753. The maximum absolute atomic E-state index is 13.5. The summed E-state index contributed by atoms with van der Waals surface area (Å²) in [5, 5.41) is 3.32. The first-order valence-electron chi connectivity index (χ1n) is 5.95. The summed E-state index contributed by atoms with van der Waals surface area (Å²) in [6.45, 7) is 3.32. The molecule has 1 atom stereocenters. The Labute approximate surface area is 100.0 Å². The Morgan fingerprint density at radius 2 is 2.00 bits per heavy atom. The van der Waals surface area contributed by atoms with Gasteiger partial charge in [-0.25, -0.2) is 8.78 Å². The fraction of sp³-hybridized carbons (Fsp3) is 0.538. The number of hydrogen-bond acceptors (Lipinski definition) is 2. The lowest BCUT2D eigenvalue weighted by atomic mass is 10.0. The van der Waals surface area contributed by atoms with Crippen LogP contribution in [0.2, 0.25) is 0 Å². The Morgan fingerprint density at radius 1 is 1.29 bits per heavy atom. The van der Waals surface area contributed by atoms with Crippen molar-refractivity contribution in [3.05, 3.63) is 35.4 Å². The van der Waals surface area contributed by atoms with Gasteiger partial charge < -0.3 is 10.1 Å². The molecule has 1 aromatic rings. The van der Waals surface area contributed by atoms with Crippen LogP contribution in [0.3, 0.4) is 0 Å². The Kier molecular flexibility index (Phi) is 4.07. The summed E-state index contributed by atoms with van der Waals surface area (Å²) in [6.07, 6.45) is 1.84. The smallest absolute Gasteiger partial charge is 0.128 e. The number of rotatable bonds is 3. The van der Waals surface area contributed by atoms with E-state index in [1.165, 1.54) is 12.1 Å². The largest absolute Gasteiger partial charge is 0.381 e. The van der Waals surface area contributed by atoms with Gasteiger partial charge in [0.05, 0.1) is 0 Å². The average molecular weight is 241 g/mol. The van der Waals surface area contributed by atoms with Crippen molar-refractivity contribution in [2.45, 2.75) is 31.8 Å². The van der Waals surface area contributed by atoms with E-state index in [4.69, 9.17) is 4.74 Å². The van der Waals surface area contributed by atoms with Crippen LogP contribution in [-0.2, 0) is 4.74 Å². The molecule has 2 rings (SSSR count). The van der Waals surface area contributed by atoms with E-state index in [1.807, 2.05) is 6.92 Å². The molecule has 94 valence electrons. The standard InChI is InChI=1S/C13H17F2NO/c1-9(16-11-4-6-17-7-5-11)12-8-10(14)2-3-13(12)15/h2-3,8-9,11,16H,4-7H2,1H3. The molecule has 0 bridgehead atoms. The van der Waals surface area contributed by atoms with E-state index in [0.717, 1.165) is 32.1 Å². The second kappa shape index (κ2) is 5.56. The average Bonchev–Trinajstić information content (AvgIpc) is 2.33. The SMILES string of the molecule is CC(NC1CCOCC1)c1cc(F)ccc1F. The third kappa shape index (κ3) is 3.23. The normalized spacial score (nSPS) is 19.2. The topological polar surface area (TPSA) is 21.3 Å². The molecule has 0 aliphatic carbocycles. The second-order valence-corrected chi connectivity index (χ2v) is 4.44. The quantitative estimate of drug-likeness (QED) is 0.878. The highest BCUT2D eigenvalue weighted by Crippen LogP contribution is 2.20. The van der Waals surface area contributed by atoms with Crippen LogP contribution in [0.25, 0.3) is 0 Å². The lowest BCUT2D eigenvalue weighted by Gasteiger charge is -2.27. The van der Waals surface area contributed by atoms with Gasteiger partial charge >= 0.3 is 0 Å². The maximum Gasteiger partial charge on any atom is 0.128 e. The number of benzene rings is 1. The zero-order valence-corrected chi connectivity index (χ0v) is 9.88. The summed E-state index contributed by atoms with van der Waals surface area (Å²) in [7, 11) is 0. The first kappa shape index (κ1) is 12.5. The van der Waals surface area contributed by atoms with Crippen molar-refractivity contribution in [1.29, 1.82) is 0 Å². The molecule has 1 N–H and O–H groups in total. The summed E-state index contributed by atoms with van der Waals surface area (Å²) in [4.78, 5) is 0. The van der Waals surface area contributed by atoms with E-state index >= 15 is 0 Å². The van der Waals surface area contributed by atoms with Crippen molar-refractivity contribution in [3.63, 3.8) is 0 Å². The molecule has 0 radical (unpaired) electrons. The minimum Gasteiger partial charge on any atom is -0.381 e. The first-order chi connectivity index (χ1) is 8.16. The van der Waals surface area contributed by atoms with Crippen LogP contribution in [0.4, 0.5) is 8.78 Å². The number of ether oxygens (including phenoxy) is 1. The zero-order valence-electron chi connectivity index (χ0n) is 9.88. The third-order valence-corrected chi connectivity index (χ3v) is 3.13. The van der Waals surface area contributed by atoms with Gasteiger partial charge in [0.15, 0.2) is 0 Å². The van der Waals surface area contributed by atoms with E-state index < -0.39 is 5.82 Å². The fourth-order valence-corrected chi connectivity index (χ4v) is 2.15. The van der Waals surface area contributed by atoms with E-state index in [1.54, 1.807) is 0 Å². The molecular weight excluding hydrogens is 224 g/mol. The minimum atomic E-state index is -0.401. The summed E-state index contributed by atoms with van der Waals surface area (Å²) >= 11 is 0. The Balaban J connectivity index is 2.02. The van der Waals surface area contributed by atoms with Gasteiger partial charge in [0.2, 0.25) is 0 Å². The number of hydrogen-bond donors (Lipinski definition) is 1. The molecule has 1 aliphatic heterocycles. The van der Waals surface area contributed by atoms with Gasteiger partial charge in [-0.2, -0.15) is 0 Å². The van der Waals surface area contributed by atoms with Gasteiger partial charge in [0, 0.05) is 30.9 Å². The van der Waals surface area contributed by atoms with Gasteiger partial charge in [0.25, 0.3) is 0 Å². The molecule has 1 saturated heterocycles. The van der Waals surface area contributed by atoms with Crippen molar-refractivity contribution in [2.75, 3.05) is 13.2 Å². The Hall–Kier alpha value is -1.00. The Bertz CT molecular complexity index is 378. The van der Waals surface area contributed by atoms with Crippen LogP contribution in [-0.4, -0.2) is 19.3 Å². The fourth-order valence-electron chi connectivity index (χ4n) is 2.15.